The van der Waals surface area contributed by atoms with Crippen LogP contribution in [0.3, 0.4) is 0 Å². The van der Waals surface area contributed by atoms with Gasteiger partial charge in [-0.05, 0) is 38.0 Å². The molecule has 7 nitrogen and oxygen atoms in total. The molecular formula is C20H22ClN5O2. The minimum absolute atomic E-state index is 0.177. The van der Waals surface area contributed by atoms with Gasteiger partial charge in [-0.25, -0.2) is 4.79 Å². The summed E-state index contributed by atoms with van der Waals surface area (Å²) in [5.41, 5.74) is 1.93. The number of aromatic nitrogens is 5. The summed E-state index contributed by atoms with van der Waals surface area (Å²) in [6, 6.07) is 7.36. The number of hydrogen-bond acceptors (Lipinski definition) is 3. The molecule has 4 rings (SSSR count). The fourth-order valence-corrected chi connectivity index (χ4v) is 3.79. The summed E-state index contributed by atoms with van der Waals surface area (Å²) in [7, 11) is 1.65. The van der Waals surface area contributed by atoms with Crippen LogP contribution in [0.25, 0.3) is 16.9 Å². The van der Waals surface area contributed by atoms with E-state index in [0.717, 1.165) is 17.7 Å². The summed E-state index contributed by atoms with van der Waals surface area (Å²) in [6.07, 6.45) is 2.85. The molecule has 0 aliphatic carbocycles. The average molecular weight is 400 g/mol. The lowest BCUT2D eigenvalue weighted by atomic mass is 10.2. The zero-order chi connectivity index (χ0) is 20.2. The van der Waals surface area contributed by atoms with E-state index in [2.05, 4.69) is 23.4 Å². The summed E-state index contributed by atoms with van der Waals surface area (Å²) in [5, 5.41) is 0.610. The van der Waals surface area contributed by atoms with Crippen molar-refractivity contribution in [3.8, 4) is 0 Å². The fraction of sp³-hybridized carbons (Fsp3) is 0.350. The molecule has 0 radical (unpaired) electrons. The molecule has 0 aliphatic heterocycles. The van der Waals surface area contributed by atoms with E-state index in [1.807, 2.05) is 25.3 Å². The molecule has 0 fully saturated rings. The topological polar surface area (TPSA) is 66.2 Å². The van der Waals surface area contributed by atoms with Crippen LogP contribution in [0.5, 0.6) is 0 Å². The van der Waals surface area contributed by atoms with Gasteiger partial charge in [0.2, 0.25) is 5.78 Å². The van der Waals surface area contributed by atoms with Crippen molar-refractivity contribution in [3.05, 3.63) is 67.6 Å². The van der Waals surface area contributed by atoms with Gasteiger partial charge in [0, 0.05) is 30.0 Å². The highest BCUT2D eigenvalue weighted by Gasteiger charge is 2.21. The van der Waals surface area contributed by atoms with Gasteiger partial charge in [0.1, 0.15) is 0 Å². The molecule has 0 amide bonds. The number of aryl methyl sites for hydroxylation is 2. The van der Waals surface area contributed by atoms with E-state index in [1.165, 1.54) is 9.13 Å². The molecule has 3 aromatic heterocycles. The van der Waals surface area contributed by atoms with Gasteiger partial charge in [-0.3, -0.25) is 18.3 Å². The van der Waals surface area contributed by atoms with Crippen molar-refractivity contribution in [1.29, 1.82) is 0 Å². The first kappa shape index (κ1) is 18.6. The highest BCUT2D eigenvalue weighted by atomic mass is 35.5. The molecule has 3 heterocycles. The normalized spacial score (nSPS) is 12.9. The number of halogens is 1. The van der Waals surface area contributed by atoms with Gasteiger partial charge in [-0.15, -0.1) is 0 Å². The molecule has 1 unspecified atom stereocenters. The Morgan fingerprint density at radius 1 is 1.18 bits per heavy atom. The summed E-state index contributed by atoms with van der Waals surface area (Å²) in [5.74, 6) is 0.679. The van der Waals surface area contributed by atoms with Crippen molar-refractivity contribution >= 4 is 28.5 Å². The Kier molecular flexibility index (Phi) is 4.42. The molecule has 28 heavy (non-hydrogen) atoms. The van der Waals surface area contributed by atoms with Crippen molar-refractivity contribution in [2.24, 2.45) is 7.05 Å². The van der Waals surface area contributed by atoms with Crippen LogP contribution >= 0.6 is 11.6 Å². The predicted molar refractivity (Wildman–Crippen MR) is 110 cm³/mol. The molecule has 4 aromatic rings. The first-order valence-corrected chi connectivity index (χ1v) is 9.65. The monoisotopic (exact) mass is 399 g/mol. The standard InChI is InChI=1S/C20H22ClN5O2/c1-5-12(2)26-13(3)10-24-16-17(22-19(24)26)23(4)20(28)25(18(16)27)11-14-6-8-15(21)9-7-14/h6-10,12H,5,11H2,1-4H3. The largest absolute Gasteiger partial charge is 0.332 e. The second-order valence-electron chi connectivity index (χ2n) is 7.21. The molecule has 1 atom stereocenters. The second-order valence-corrected chi connectivity index (χ2v) is 7.65. The van der Waals surface area contributed by atoms with E-state index in [-0.39, 0.29) is 23.8 Å². The number of benzene rings is 1. The Bertz CT molecular complexity index is 1310. The second kappa shape index (κ2) is 6.67. The molecular weight excluding hydrogens is 378 g/mol. The number of imidazole rings is 2. The Hall–Kier alpha value is -2.80. The van der Waals surface area contributed by atoms with E-state index in [4.69, 9.17) is 11.6 Å². The van der Waals surface area contributed by atoms with Crippen LogP contribution in [-0.2, 0) is 13.6 Å². The predicted octanol–water partition coefficient (Wildman–Crippen LogP) is 3.13. The Balaban J connectivity index is 2.00. The fourth-order valence-electron chi connectivity index (χ4n) is 3.67. The van der Waals surface area contributed by atoms with E-state index < -0.39 is 0 Å². The lowest BCUT2D eigenvalue weighted by Crippen LogP contribution is -2.39. The van der Waals surface area contributed by atoms with E-state index in [1.54, 1.807) is 23.6 Å². The van der Waals surface area contributed by atoms with Crippen molar-refractivity contribution in [2.45, 2.75) is 39.8 Å². The molecule has 1 aromatic carbocycles. The highest BCUT2D eigenvalue weighted by molar-refractivity contribution is 6.30. The third-order valence-electron chi connectivity index (χ3n) is 5.35. The summed E-state index contributed by atoms with van der Waals surface area (Å²) in [4.78, 5) is 30.8. The van der Waals surface area contributed by atoms with Crippen molar-refractivity contribution in [2.75, 3.05) is 0 Å². The zero-order valence-electron chi connectivity index (χ0n) is 16.3. The van der Waals surface area contributed by atoms with Crippen LogP contribution in [0.4, 0.5) is 0 Å². The molecule has 0 N–H and O–H groups in total. The Morgan fingerprint density at radius 3 is 2.50 bits per heavy atom. The van der Waals surface area contributed by atoms with Gasteiger partial charge in [-0.1, -0.05) is 30.7 Å². The maximum Gasteiger partial charge on any atom is 0.332 e. The Labute approximate surface area is 166 Å². The summed E-state index contributed by atoms with van der Waals surface area (Å²) >= 11 is 5.94. The van der Waals surface area contributed by atoms with Gasteiger partial charge in [-0.2, -0.15) is 4.98 Å². The third-order valence-corrected chi connectivity index (χ3v) is 5.61. The summed E-state index contributed by atoms with van der Waals surface area (Å²) < 4.78 is 6.59. The van der Waals surface area contributed by atoms with Gasteiger partial charge in [0.15, 0.2) is 11.2 Å². The van der Waals surface area contributed by atoms with Gasteiger partial charge in [0.05, 0.1) is 6.54 Å². The third kappa shape index (κ3) is 2.69. The molecule has 0 spiro atoms. The maximum atomic E-state index is 13.3. The minimum Gasteiger partial charge on any atom is -0.311 e. The zero-order valence-corrected chi connectivity index (χ0v) is 17.1. The highest BCUT2D eigenvalue weighted by Crippen LogP contribution is 2.22. The van der Waals surface area contributed by atoms with Crippen LogP contribution in [0.2, 0.25) is 5.02 Å². The molecule has 146 valence electrons. The van der Waals surface area contributed by atoms with Crippen LogP contribution in [0.1, 0.15) is 37.6 Å². The first-order chi connectivity index (χ1) is 13.3. The minimum atomic E-state index is -0.389. The molecule has 0 saturated carbocycles. The number of rotatable bonds is 4. The van der Waals surface area contributed by atoms with Crippen LogP contribution < -0.4 is 11.2 Å². The summed E-state index contributed by atoms with van der Waals surface area (Å²) in [6.45, 7) is 6.40. The van der Waals surface area contributed by atoms with Crippen molar-refractivity contribution < 1.29 is 0 Å². The van der Waals surface area contributed by atoms with E-state index in [9.17, 15) is 9.59 Å². The Morgan fingerprint density at radius 2 is 1.86 bits per heavy atom. The van der Waals surface area contributed by atoms with Gasteiger partial charge in [0.25, 0.3) is 5.56 Å². The molecule has 0 aliphatic rings. The first-order valence-electron chi connectivity index (χ1n) is 9.27. The van der Waals surface area contributed by atoms with E-state index in [0.29, 0.717) is 22.0 Å². The van der Waals surface area contributed by atoms with Crippen molar-refractivity contribution in [1.82, 2.24) is 23.1 Å². The molecule has 0 bridgehead atoms. The quantitative estimate of drug-likeness (QED) is 0.529. The van der Waals surface area contributed by atoms with Gasteiger partial charge >= 0.3 is 5.69 Å². The smallest absolute Gasteiger partial charge is 0.311 e. The number of fused-ring (bicyclic) bond motifs is 3. The van der Waals surface area contributed by atoms with Crippen LogP contribution in [-0.4, -0.2) is 23.1 Å². The average Bonchev–Trinajstić information content (AvgIpc) is 3.19. The van der Waals surface area contributed by atoms with Crippen molar-refractivity contribution in [3.63, 3.8) is 0 Å². The lowest BCUT2D eigenvalue weighted by molar-refractivity contribution is 0.532. The molecule has 8 heteroatoms. The van der Waals surface area contributed by atoms with Crippen LogP contribution in [0, 0.1) is 6.92 Å². The van der Waals surface area contributed by atoms with Crippen LogP contribution in [0.15, 0.2) is 40.1 Å². The SMILES string of the molecule is CCC(C)n1c(C)cn2c3c(=O)n(Cc4ccc(Cl)cc4)c(=O)n(C)c3nc12. The van der Waals surface area contributed by atoms with E-state index >= 15 is 0 Å². The lowest BCUT2D eigenvalue weighted by Gasteiger charge is -2.12. The molecule has 0 saturated heterocycles. The van der Waals surface area contributed by atoms with Gasteiger partial charge < -0.3 is 4.57 Å². The number of hydrogen-bond donors (Lipinski definition) is 0. The number of nitrogens with zero attached hydrogens (tertiary/aromatic N) is 5. The maximum absolute atomic E-state index is 13.3.